The van der Waals surface area contributed by atoms with Crippen molar-refractivity contribution in [1.82, 2.24) is 14.9 Å². The van der Waals surface area contributed by atoms with Gasteiger partial charge in [0.15, 0.2) is 0 Å². The summed E-state index contributed by atoms with van der Waals surface area (Å²) < 4.78 is 0. The Labute approximate surface area is 114 Å². The minimum absolute atomic E-state index is 0.00142. The van der Waals surface area contributed by atoms with E-state index in [2.05, 4.69) is 36.2 Å². The van der Waals surface area contributed by atoms with Crippen LogP contribution in [-0.4, -0.2) is 33.9 Å². The highest BCUT2D eigenvalue weighted by Gasteiger charge is 2.28. The van der Waals surface area contributed by atoms with E-state index in [1.165, 1.54) is 0 Å². The lowest BCUT2D eigenvalue weighted by Crippen LogP contribution is -2.43. The van der Waals surface area contributed by atoms with Gasteiger partial charge < -0.3 is 4.90 Å². The maximum atomic E-state index is 12.4. The van der Waals surface area contributed by atoms with Crippen molar-refractivity contribution < 1.29 is 4.79 Å². The van der Waals surface area contributed by atoms with Crippen LogP contribution in [0.4, 0.5) is 5.95 Å². The van der Waals surface area contributed by atoms with Crippen molar-refractivity contribution in [1.29, 1.82) is 0 Å². The summed E-state index contributed by atoms with van der Waals surface area (Å²) in [5, 5.41) is 0. The van der Waals surface area contributed by atoms with Gasteiger partial charge in [-0.3, -0.25) is 10.2 Å². The summed E-state index contributed by atoms with van der Waals surface area (Å²) in [6.45, 7) is 10.1. The van der Waals surface area contributed by atoms with Crippen molar-refractivity contribution in [2.75, 3.05) is 12.5 Å². The van der Waals surface area contributed by atoms with E-state index in [9.17, 15) is 4.79 Å². The number of hydrogen-bond donors (Lipinski definition) is 2. The zero-order chi connectivity index (χ0) is 14.8. The Kier molecular flexibility index (Phi) is 4.47. The van der Waals surface area contributed by atoms with Crippen LogP contribution in [0.1, 0.15) is 43.9 Å². The molecule has 6 nitrogen and oxygen atoms in total. The molecule has 1 aromatic heterocycles. The highest BCUT2D eigenvalue weighted by Crippen LogP contribution is 2.24. The van der Waals surface area contributed by atoms with Crippen molar-refractivity contribution in [2.24, 2.45) is 11.3 Å². The summed E-state index contributed by atoms with van der Waals surface area (Å²) in [7, 11) is 1.78. The van der Waals surface area contributed by atoms with E-state index >= 15 is 0 Å². The number of nitrogens with one attached hydrogen (secondary N) is 1. The summed E-state index contributed by atoms with van der Waals surface area (Å²) in [4.78, 5) is 22.3. The summed E-state index contributed by atoms with van der Waals surface area (Å²) in [6.07, 6.45) is 0. The van der Waals surface area contributed by atoms with Gasteiger partial charge in [-0.15, -0.1) is 0 Å². The van der Waals surface area contributed by atoms with Gasteiger partial charge in [0, 0.05) is 18.8 Å². The second-order valence-corrected chi connectivity index (χ2v) is 5.82. The van der Waals surface area contributed by atoms with E-state index in [4.69, 9.17) is 5.84 Å². The number of carbonyl (C=O) groups is 1. The molecule has 0 fully saturated rings. The van der Waals surface area contributed by atoms with Crippen molar-refractivity contribution in [3.8, 4) is 0 Å². The van der Waals surface area contributed by atoms with Crippen LogP contribution in [0.2, 0.25) is 0 Å². The molecule has 1 unspecified atom stereocenters. The standard InChI is InChI=1S/C13H23N5O/c1-8-7-10(16-12(15-8)17-14)11(19)18(6)9(2)13(3,4)5/h7,9H,14H2,1-6H3,(H,15,16,17). The first-order chi connectivity index (χ1) is 8.66. The first-order valence-electron chi connectivity index (χ1n) is 6.26. The van der Waals surface area contributed by atoms with E-state index in [-0.39, 0.29) is 23.3 Å². The number of hydrazine groups is 1. The van der Waals surface area contributed by atoms with Crippen molar-refractivity contribution >= 4 is 11.9 Å². The fraction of sp³-hybridized carbons (Fsp3) is 0.615. The van der Waals surface area contributed by atoms with Crippen molar-refractivity contribution in [3.63, 3.8) is 0 Å². The van der Waals surface area contributed by atoms with Crippen molar-refractivity contribution in [3.05, 3.63) is 17.5 Å². The lowest BCUT2D eigenvalue weighted by molar-refractivity contribution is 0.0623. The molecule has 0 aliphatic carbocycles. The Morgan fingerprint density at radius 3 is 2.47 bits per heavy atom. The number of carbonyl (C=O) groups excluding carboxylic acids is 1. The molecule has 3 N–H and O–H groups in total. The average molecular weight is 265 g/mol. The largest absolute Gasteiger partial charge is 0.337 e. The number of aryl methyl sites for hydroxylation is 1. The summed E-state index contributed by atoms with van der Waals surface area (Å²) in [5.74, 6) is 5.41. The van der Waals surface area contributed by atoms with Crippen LogP contribution in [0.5, 0.6) is 0 Å². The fourth-order valence-corrected chi connectivity index (χ4v) is 1.68. The molecule has 0 aromatic carbocycles. The van der Waals surface area contributed by atoms with E-state index in [0.717, 1.165) is 0 Å². The minimum atomic E-state index is -0.135. The molecule has 1 amide bonds. The van der Waals surface area contributed by atoms with Crippen LogP contribution in [-0.2, 0) is 0 Å². The van der Waals surface area contributed by atoms with Crippen LogP contribution in [0, 0.1) is 12.3 Å². The fourth-order valence-electron chi connectivity index (χ4n) is 1.68. The molecule has 0 bridgehead atoms. The van der Waals surface area contributed by atoms with Crippen LogP contribution >= 0.6 is 0 Å². The monoisotopic (exact) mass is 265 g/mol. The number of amides is 1. The molecule has 0 aliphatic rings. The van der Waals surface area contributed by atoms with Gasteiger partial charge in [-0.05, 0) is 25.3 Å². The van der Waals surface area contributed by atoms with Crippen LogP contribution < -0.4 is 11.3 Å². The molecule has 19 heavy (non-hydrogen) atoms. The Hall–Kier alpha value is -1.69. The predicted octanol–water partition coefficient (Wildman–Crippen LogP) is 1.58. The van der Waals surface area contributed by atoms with Crippen molar-refractivity contribution in [2.45, 2.75) is 40.7 Å². The Morgan fingerprint density at radius 2 is 2.00 bits per heavy atom. The van der Waals surface area contributed by atoms with Crippen LogP contribution in [0.3, 0.4) is 0 Å². The lowest BCUT2D eigenvalue weighted by atomic mass is 9.87. The van der Waals surface area contributed by atoms with Gasteiger partial charge in [0.2, 0.25) is 5.95 Å². The molecule has 1 heterocycles. The topological polar surface area (TPSA) is 84.1 Å². The highest BCUT2D eigenvalue weighted by molar-refractivity contribution is 5.92. The molecule has 1 aromatic rings. The number of aromatic nitrogens is 2. The third kappa shape index (κ3) is 3.64. The Morgan fingerprint density at radius 1 is 1.42 bits per heavy atom. The van der Waals surface area contributed by atoms with Gasteiger partial charge >= 0.3 is 0 Å². The number of nitrogen functional groups attached to an aromatic ring is 1. The number of hydrogen-bond acceptors (Lipinski definition) is 5. The Bertz CT molecular complexity index is 467. The summed E-state index contributed by atoms with van der Waals surface area (Å²) in [5.41, 5.74) is 3.41. The van der Waals surface area contributed by atoms with E-state index in [0.29, 0.717) is 11.4 Å². The summed E-state index contributed by atoms with van der Waals surface area (Å²) >= 11 is 0. The molecule has 0 radical (unpaired) electrons. The molecule has 0 saturated carbocycles. The zero-order valence-electron chi connectivity index (χ0n) is 12.5. The second kappa shape index (κ2) is 5.52. The quantitative estimate of drug-likeness (QED) is 0.640. The smallest absolute Gasteiger partial charge is 0.272 e. The normalized spacial score (nSPS) is 13.0. The third-order valence-electron chi connectivity index (χ3n) is 3.36. The number of rotatable bonds is 3. The number of nitrogens with two attached hydrogens (primary N) is 1. The first kappa shape index (κ1) is 15.4. The lowest BCUT2D eigenvalue weighted by Gasteiger charge is -2.35. The SMILES string of the molecule is Cc1cc(C(=O)N(C)C(C)C(C)(C)C)nc(NN)n1. The molecule has 0 saturated heterocycles. The van der Waals surface area contributed by atoms with Gasteiger partial charge in [0.25, 0.3) is 5.91 Å². The molecule has 0 spiro atoms. The van der Waals surface area contributed by atoms with E-state index < -0.39 is 0 Å². The van der Waals surface area contributed by atoms with E-state index in [1.807, 2.05) is 6.92 Å². The van der Waals surface area contributed by atoms with Gasteiger partial charge in [0.1, 0.15) is 5.69 Å². The molecule has 106 valence electrons. The molecular weight excluding hydrogens is 242 g/mol. The Balaban J connectivity index is 3.03. The van der Waals surface area contributed by atoms with Gasteiger partial charge in [-0.1, -0.05) is 20.8 Å². The van der Waals surface area contributed by atoms with Gasteiger partial charge in [-0.2, -0.15) is 0 Å². The van der Waals surface area contributed by atoms with Crippen LogP contribution in [0.15, 0.2) is 6.07 Å². The zero-order valence-corrected chi connectivity index (χ0v) is 12.5. The molecular formula is C13H23N5O. The molecule has 1 atom stereocenters. The predicted molar refractivity (Wildman–Crippen MR) is 75.6 cm³/mol. The van der Waals surface area contributed by atoms with Crippen LogP contribution in [0.25, 0.3) is 0 Å². The molecule has 0 aliphatic heterocycles. The highest BCUT2D eigenvalue weighted by atomic mass is 16.2. The number of anilines is 1. The van der Waals surface area contributed by atoms with E-state index in [1.54, 1.807) is 24.9 Å². The summed E-state index contributed by atoms with van der Waals surface area (Å²) in [6, 6.07) is 1.75. The number of nitrogens with zero attached hydrogens (tertiary/aromatic N) is 3. The average Bonchev–Trinajstić information content (AvgIpc) is 2.34. The maximum absolute atomic E-state index is 12.4. The second-order valence-electron chi connectivity index (χ2n) is 5.82. The van der Waals surface area contributed by atoms with Gasteiger partial charge in [0.05, 0.1) is 0 Å². The molecule has 6 heteroatoms. The first-order valence-corrected chi connectivity index (χ1v) is 6.26. The molecule has 1 rings (SSSR count). The minimum Gasteiger partial charge on any atom is -0.337 e. The maximum Gasteiger partial charge on any atom is 0.272 e. The van der Waals surface area contributed by atoms with Gasteiger partial charge in [-0.25, -0.2) is 15.8 Å². The third-order valence-corrected chi connectivity index (χ3v) is 3.36.